The van der Waals surface area contributed by atoms with Gasteiger partial charge < -0.3 is 5.32 Å². The summed E-state index contributed by atoms with van der Waals surface area (Å²) in [5.41, 5.74) is 0.333. The van der Waals surface area contributed by atoms with Gasteiger partial charge in [-0.15, -0.1) is 0 Å². The quantitative estimate of drug-likeness (QED) is 0.760. The number of pyridine rings is 1. The lowest BCUT2D eigenvalue weighted by Gasteiger charge is -2.09. The van der Waals surface area contributed by atoms with Crippen LogP contribution in [-0.4, -0.2) is 20.4 Å². The van der Waals surface area contributed by atoms with Gasteiger partial charge in [0.1, 0.15) is 12.1 Å². The maximum absolute atomic E-state index is 12.7. The van der Waals surface area contributed by atoms with Crippen molar-refractivity contribution in [2.24, 2.45) is 0 Å². The molecule has 0 atom stereocenters. The number of nitrogens with one attached hydrogen (secondary N) is 1. The Balaban J connectivity index is 1.56. The van der Waals surface area contributed by atoms with Crippen LogP contribution >= 0.6 is 0 Å². The van der Waals surface area contributed by atoms with E-state index in [9.17, 15) is 18.0 Å². The van der Waals surface area contributed by atoms with Crippen LogP contribution in [-0.2, 0) is 23.9 Å². The number of imidazole rings is 1. The molecule has 5 nitrogen and oxygen atoms in total. The Labute approximate surface area is 147 Å². The Bertz CT molecular complexity index is 874. The SMILES string of the molecule is O=C(Cc1cccc(C(F)(F)F)c1)NCc1ccc(-n2ccnc2)nc1. The standard InChI is InChI=1S/C18H15F3N4O/c19-18(20,21)15-3-1-2-13(8-15)9-17(26)24-11-14-4-5-16(23-10-14)25-7-6-22-12-25/h1-8,10,12H,9,11H2,(H,24,26). The second-order valence-corrected chi connectivity index (χ2v) is 5.65. The molecule has 0 aliphatic rings. The minimum Gasteiger partial charge on any atom is -0.352 e. The van der Waals surface area contributed by atoms with E-state index >= 15 is 0 Å². The zero-order valence-electron chi connectivity index (χ0n) is 13.6. The number of nitrogens with zero attached hydrogens (tertiary/aromatic N) is 3. The summed E-state index contributed by atoms with van der Waals surface area (Å²) in [7, 11) is 0. The lowest BCUT2D eigenvalue weighted by atomic mass is 10.1. The molecular weight excluding hydrogens is 345 g/mol. The fourth-order valence-electron chi connectivity index (χ4n) is 2.37. The normalized spacial score (nSPS) is 11.3. The second-order valence-electron chi connectivity index (χ2n) is 5.65. The topological polar surface area (TPSA) is 59.8 Å². The molecule has 0 unspecified atom stereocenters. The zero-order valence-corrected chi connectivity index (χ0v) is 13.6. The summed E-state index contributed by atoms with van der Waals surface area (Å²) >= 11 is 0. The van der Waals surface area contributed by atoms with E-state index in [-0.39, 0.29) is 18.9 Å². The molecule has 1 amide bonds. The Morgan fingerprint density at radius 2 is 2.00 bits per heavy atom. The summed E-state index contributed by atoms with van der Waals surface area (Å²) in [4.78, 5) is 20.2. The highest BCUT2D eigenvalue weighted by atomic mass is 19.4. The van der Waals surface area contributed by atoms with Gasteiger partial charge in [0.05, 0.1) is 12.0 Å². The molecule has 1 N–H and O–H groups in total. The molecule has 1 aromatic carbocycles. The first kappa shape index (κ1) is 17.7. The largest absolute Gasteiger partial charge is 0.416 e. The van der Waals surface area contributed by atoms with Gasteiger partial charge in [0, 0.05) is 25.1 Å². The molecule has 2 aromatic heterocycles. The minimum atomic E-state index is -4.42. The third kappa shape index (κ3) is 4.47. The smallest absolute Gasteiger partial charge is 0.352 e. The van der Waals surface area contributed by atoms with Crippen molar-refractivity contribution in [3.8, 4) is 5.82 Å². The van der Waals surface area contributed by atoms with Gasteiger partial charge in [-0.1, -0.05) is 24.3 Å². The minimum absolute atomic E-state index is 0.121. The van der Waals surface area contributed by atoms with Crippen LogP contribution in [0.25, 0.3) is 5.82 Å². The molecule has 0 spiro atoms. The maximum atomic E-state index is 12.7. The van der Waals surface area contributed by atoms with Crippen LogP contribution in [0.4, 0.5) is 13.2 Å². The summed E-state index contributed by atoms with van der Waals surface area (Å²) in [5.74, 6) is 0.338. The van der Waals surface area contributed by atoms with Crippen LogP contribution in [0.1, 0.15) is 16.7 Å². The summed E-state index contributed by atoms with van der Waals surface area (Å²) in [6.07, 6.45) is 2.11. The molecule has 0 aliphatic heterocycles. The number of benzene rings is 1. The van der Waals surface area contributed by atoms with Crippen LogP contribution in [0.5, 0.6) is 0 Å². The van der Waals surface area contributed by atoms with Gasteiger partial charge in [0.15, 0.2) is 0 Å². The van der Waals surface area contributed by atoms with Gasteiger partial charge >= 0.3 is 6.18 Å². The highest BCUT2D eigenvalue weighted by molar-refractivity contribution is 5.78. The number of carbonyl (C=O) groups excluding carboxylic acids is 1. The Hall–Kier alpha value is -3.16. The first-order valence-corrected chi connectivity index (χ1v) is 7.78. The van der Waals surface area contributed by atoms with E-state index < -0.39 is 11.7 Å². The molecule has 0 saturated carbocycles. The highest BCUT2D eigenvalue weighted by Crippen LogP contribution is 2.29. The fraction of sp³-hybridized carbons (Fsp3) is 0.167. The van der Waals surface area contributed by atoms with Gasteiger partial charge in [0.2, 0.25) is 5.91 Å². The van der Waals surface area contributed by atoms with Crippen LogP contribution < -0.4 is 5.32 Å². The third-order valence-corrected chi connectivity index (χ3v) is 3.69. The molecule has 0 saturated heterocycles. The molecule has 26 heavy (non-hydrogen) atoms. The maximum Gasteiger partial charge on any atom is 0.416 e. The number of aromatic nitrogens is 3. The number of carbonyl (C=O) groups is 1. The van der Waals surface area contributed by atoms with E-state index in [2.05, 4.69) is 15.3 Å². The Morgan fingerprint density at radius 1 is 1.15 bits per heavy atom. The van der Waals surface area contributed by atoms with Crippen LogP contribution in [0, 0.1) is 0 Å². The predicted octanol–water partition coefficient (Wildman–Crippen LogP) is 3.15. The molecule has 3 rings (SSSR count). The first-order valence-electron chi connectivity index (χ1n) is 7.78. The monoisotopic (exact) mass is 360 g/mol. The number of hydrogen-bond acceptors (Lipinski definition) is 3. The lowest BCUT2D eigenvalue weighted by Crippen LogP contribution is -2.24. The van der Waals surface area contributed by atoms with Gasteiger partial charge in [0.25, 0.3) is 0 Å². The van der Waals surface area contributed by atoms with E-state index in [1.807, 2.05) is 6.07 Å². The van der Waals surface area contributed by atoms with Gasteiger partial charge in [-0.3, -0.25) is 9.36 Å². The fourth-order valence-corrected chi connectivity index (χ4v) is 2.37. The number of hydrogen-bond donors (Lipinski definition) is 1. The molecule has 2 heterocycles. The van der Waals surface area contributed by atoms with Crippen LogP contribution in [0.15, 0.2) is 61.3 Å². The van der Waals surface area contributed by atoms with E-state index in [0.717, 1.165) is 17.7 Å². The van der Waals surface area contributed by atoms with Crippen LogP contribution in [0.3, 0.4) is 0 Å². The second kappa shape index (κ2) is 7.38. The molecule has 0 aliphatic carbocycles. The average Bonchev–Trinajstić information content (AvgIpc) is 3.14. The Kier molecular flexibility index (Phi) is 5.01. The molecule has 134 valence electrons. The first-order chi connectivity index (χ1) is 12.4. The van der Waals surface area contributed by atoms with E-state index in [0.29, 0.717) is 11.4 Å². The van der Waals surface area contributed by atoms with Gasteiger partial charge in [-0.25, -0.2) is 9.97 Å². The van der Waals surface area contributed by atoms with Crippen molar-refractivity contribution >= 4 is 5.91 Å². The summed E-state index contributed by atoms with van der Waals surface area (Å²) in [5, 5.41) is 2.68. The predicted molar refractivity (Wildman–Crippen MR) is 88.4 cm³/mol. The highest BCUT2D eigenvalue weighted by Gasteiger charge is 2.30. The zero-order chi connectivity index (χ0) is 18.6. The number of halogens is 3. The molecular formula is C18H15F3N4O. The van der Waals surface area contributed by atoms with Crippen molar-refractivity contribution in [3.05, 3.63) is 78.0 Å². The van der Waals surface area contributed by atoms with E-state index in [1.54, 1.807) is 35.6 Å². The van der Waals surface area contributed by atoms with Gasteiger partial charge in [-0.2, -0.15) is 13.2 Å². The average molecular weight is 360 g/mol. The van der Waals surface area contributed by atoms with Crippen molar-refractivity contribution in [3.63, 3.8) is 0 Å². The van der Waals surface area contributed by atoms with Crippen molar-refractivity contribution in [1.29, 1.82) is 0 Å². The van der Waals surface area contributed by atoms with Crippen molar-refractivity contribution in [2.45, 2.75) is 19.1 Å². The Morgan fingerprint density at radius 3 is 2.65 bits per heavy atom. The summed E-state index contributed by atoms with van der Waals surface area (Å²) in [6.45, 7) is 0.245. The van der Waals surface area contributed by atoms with E-state index in [1.165, 1.54) is 12.1 Å². The summed E-state index contributed by atoms with van der Waals surface area (Å²) < 4.78 is 39.8. The van der Waals surface area contributed by atoms with E-state index in [4.69, 9.17) is 0 Å². The number of alkyl halides is 3. The number of rotatable bonds is 5. The number of amides is 1. The van der Waals surface area contributed by atoms with Crippen molar-refractivity contribution in [1.82, 2.24) is 19.9 Å². The molecule has 0 fully saturated rings. The molecule has 0 bridgehead atoms. The molecule has 0 radical (unpaired) electrons. The van der Waals surface area contributed by atoms with Gasteiger partial charge in [-0.05, 0) is 23.3 Å². The van der Waals surface area contributed by atoms with Crippen molar-refractivity contribution in [2.75, 3.05) is 0 Å². The molecule has 8 heteroatoms. The third-order valence-electron chi connectivity index (χ3n) is 3.69. The summed E-state index contributed by atoms with van der Waals surface area (Å²) in [6, 6.07) is 8.36. The van der Waals surface area contributed by atoms with Crippen LogP contribution in [0.2, 0.25) is 0 Å². The lowest BCUT2D eigenvalue weighted by molar-refractivity contribution is -0.137. The molecule has 3 aromatic rings. The van der Waals surface area contributed by atoms with Crippen molar-refractivity contribution < 1.29 is 18.0 Å².